The molecule has 3 heteroatoms. The summed E-state index contributed by atoms with van der Waals surface area (Å²) in [5, 5.41) is 0. The smallest absolute Gasteiger partial charge is 0.248 e. The van der Waals surface area contributed by atoms with Crippen molar-refractivity contribution in [1.82, 2.24) is 0 Å². The van der Waals surface area contributed by atoms with E-state index in [4.69, 9.17) is 5.73 Å². The molecule has 0 fully saturated rings. The van der Waals surface area contributed by atoms with E-state index < -0.39 is 0 Å². The summed E-state index contributed by atoms with van der Waals surface area (Å²) in [4.78, 5) is 13.6. The Hall–Kier alpha value is -1.51. The van der Waals surface area contributed by atoms with Gasteiger partial charge in [-0.3, -0.25) is 4.79 Å². The summed E-state index contributed by atoms with van der Waals surface area (Å²) in [5.74, 6) is 0.279. The largest absolute Gasteiger partial charge is 0.371 e. The molecule has 1 aliphatic heterocycles. The zero-order chi connectivity index (χ0) is 12.4. The number of aryl methyl sites for hydroxylation is 1. The van der Waals surface area contributed by atoms with Crippen LogP contribution in [-0.2, 0) is 6.42 Å². The number of nitrogens with zero attached hydrogens (tertiary/aromatic N) is 1. The number of hydrogen-bond donors (Lipinski definition) is 1. The maximum absolute atomic E-state index is 11.2. The number of hydrogen-bond acceptors (Lipinski definition) is 2. The van der Waals surface area contributed by atoms with Gasteiger partial charge in [-0.05, 0) is 36.5 Å². The van der Waals surface area contributed by atoms with Crippen molar-refractivity contribution >= 4 is 11.6 Å². The van der Waals surface area contributed by atoms with Gasteiger partial charge in [-0.2, -0.15) is 0 Å². The van der Waals surface area contributed by atoms with Crippen molar-refractivity contribution in [3.05, 3.63) is 29.3 Å². The Morgan fingerprint density at radius 1 is 1.47 bits per heavy atom. The zero-order valence-corrected chi connectivity index (χ0v) is 10.6. The number of carbonyl (C=O) groups excluding carboxylic acids is 1. The molecule has 1 aliphatic rings. The first kappa shape index (κ1) is 12.0. The van der Waals surface area contributed by atoms with Gasteiger partial charge in [0.1, 0.15) is 0 Å². The van der Waals surface area contributed by atoms with Gasteiger partial charge in [0.15, 0.2) is 0 Å². The monoisotopic (exact) mass is 232 g/mol. The van der Waals surface area contributed by atoms with E-state index in [9.17, 15) is 4.79 Å². The van der Waals surface area contributed by atoms with Crippen molar-refractivity contribution in [3.63, 3.8) is 0 Å². The molecule has 2 N–H and O–H groups in total. The molecule has 1 aromatic rings. The number of primary amides is 1. The van der Waals surface area contributed by atoms with Crippen molar-refractivity contribution in [1.29, 1.82) is 0 Å². The molecule has 3 nitrogen and oxygen atoms in total. The van der Waals surface area contributed by atoms with Gasteiger partial charge in [0, 0.05) is 24.3 Å². The topological polar surface area (TPSA) is 46.3 Å². The van der Waals surface area contributed by atoms with Crippen LogP contribution >= 0.6 is 0 Å². The molecule has 1 heterocycles. The summed E-state index contributed by atoms with van der Waals surface area (Å²) in [7, 11) is 0. The van der Waals surface area contributed by atoms with Crippen LogP contribution in [0.15, 0.2) is 18.2 Å². The second kappa shape index (κ2) is 4.78. The minimum absolute atomic E-state index is 0.345. The van der Waals surface area contributed by atoms with E-state index in [2.05, 4.69) is 18.7 Å². The summed E-state index contributed by atoms with van der Waals surface area (Å²) < 4.78 is 0. The van der Waals surface area contributed by atoms with Gasteiger partial charge in [0.2, 0.25) is 5.91 Å². The van der Waals surface area contributed by atoms with Gasteiger partial charge in [0.25, 0.3) is 0 Å². The number of nitrogens with two attached hydrogens (primary N) is 1. The van der Waals surface area contributed by atoms with Crippen LogP contribution in [-0.4, -0.2) is 19.0 Å². The third-order valence-corrected chi connectivity index (χ3v) is 3.17. The second-order valence-electron chi connectivity index (χ2n) is 5.15. The third kappa shape index (κ3) is 2.60. The molecule has 0 unspecified atom stereocenters. The van der Waals surface area contributed by atoms with Crippen LogP contribution in [0.4, 0.5) is 5.69 Å². The van der Waals surface area contributed by atoms with Crippen LogP contribution in [0.2, 0.25) is 0 Å². The molecule has 0 saturated carbocycles. The number of anilines is 1. The lowest BCUT2D eigenvalue weighted by Crippen LogP contribution is -2.33. The quantitative estimate of drug-likeness (QED) is 0.868. The lowest BCUT2D eigenvalue weighted by Gasteiger charge is -2.33. The van der Waals surface area contributed by atoms with Gasteiger partial charge in [0.05, 0.1) is 0 Å². The van der Waals surface area contributed by atoms with Crippen molar-refractivity contribution < 1.29 is 4.79 Å². The third-order valence-electron chi connectivity index (χ3n) is 3.17. The molecule has 92 valence electrons. The molecule has 1 amide bonds. The highest BCUT2D eigenvalue weighted by atomic mass is 16.1. The fourth-order valence-electron chi connectivity index (χ4n) is 2.43. The van der Waals surface area contributed by atoms with Crippen LogP contribution in [0, 0.1) is 5.92 Å². The van der Waals surface area contributed by atoms with Crippen LogP contribution in [0.1, 0.15) is 36.2 Å². The van der Waals surface area contributed by atoms with Gasteiger partial charge in [-0.1, -0.05) is 19.9 Å². The fourth-order valence-corrected chi connectivity index (χ4v) is 2.43. The van der Waals surface area contributed by atoms with E-state index in [0.717, 1.165) is 19.5 Å². The Morgan fingerprint density at radius 3 is 2.88 bits per heavy atom. The predicted molar refractivity (Wildman–Crippen MR) is 70.3 cm³/mol. The molecule has 17 heavy (non-hydrogen) atoms. The number of fused-ring (bicyclic) bond motifs is 1. The van der Waals surface area contributed by atoms with Crippen LogP contribution in [0.25, 0.3) is 0 Å². The lowest BCUT2D eigenvalue weighted by molar-refractivity contribution is 0.100. The van der Waals surface area contributed by atoms with E-state index in [-0.39, 0.29) is 5.91 Å². The number of carbonyl (C=O) groups is 1. The first-order valence-corrected chi connectivity index (χ1v) is 6.25. The zero-order valence-electron chi connectivity index (χ0n) is 10.6. The Kier molecular flexibility index (Phi) is 3.36. The number of benzene rings is 1. The highest BCUT2D eigenvalue weighted by molar-refractivity contribution is 5.94. The van der Waals surface area contributed by atoms with E-state index in [1.807, 2.05) is 18.2 Å². The van der Waals surface area contributed by atoms with Gasteiger partial charge in [-0.25, -0.2) is 0 Å². The van der Waals surface area contributed by atoms with Crippen molar-refractivity contribution in [2.75, 3.05) is 18.0 Å². The van der Waals surface area contributed by atoms with E-state index in [1.54, 1.807) is 0 Å². The Bertz CT molecular complexity index is 426. The normalized spacial score (nSPS) is 14.9. The minimum Gasteiger partial charge on any atom is -0.371 e. The minimum atomic E-state index is -0.345. The Morgan fingerprint density at radius 2 is 2.24 bits per heavy atom. The Labute approximate surface area is 103 Å². The van der Waals surface area contributed by atoms with Gasteiger partial charge < -0.3 is 10.6 Å². The SMILES string of the molecule is CC(C)CN1CCCc2ccc(C(N)=O)cc21. The Balaban J connectivity index is 2.34. The summed E-state index contributed by atoms with van der Waals surface area (Å²) >= 11 is 0. The van der Waals surface area contributed by atoms with E-state index in [1.165, 1.54) is 17.7 Å². The maximum atomic E-state index is 11.2. The summed E-state index contributed by atoms with van der Waals surface area (Å²) in [5.41, 5.74) is 8.48. The van der Waals surface area contributed by atoms with Crippen molar-refractivity contribution in [2.45, 2.75) is 26.7 Å². The predicted octanol–water partition coefficient (Wildman–Crippen LogP) is 2.19. The molecule has 1 aromatic carbocycles. The lowest BCUT2D eigenvalue weighted by atomic mass is 9.98. The first-order chi connectivity index (χ1) is 8.08. The molecule has 0 saturated heterocycles. The highest BCUT2D eigenvalue weighted by Gasteiger charge is 2.18. The molecule has 2 rings (SSSR count). The average molecular weight is 232 g/mol. The fraction of sp³-hybridized carbons (Fsp3) is 0.500. The molecule has 0 aromatic heterocycles. The molecule has 0 aliphatic carbocycles. The van der Waals surface area contributed by atoms with Crippen LogP contribution in [0.3, 0.4) is 0 Å². The summed E-state index contributed by atoms with van der Waals surface area (Å²) in [6, 6.07) is 5.82. The van der Waals surface area contributed by atoms with Crippen molar-refractivity contribution in [3.8, 4) is 0 Å². The first-order valence-electron chi connectivity index (χ1n) is 6.25. The molecule has 0 radical (unpaired) electrons. The molecular formula is C14H20N2O. The number of amides is 1. The molecule has 0 atom stereocenters. The van der Waals surface area contributed by atoms with Crippen LogP contribution < -0.4 is 10.6 Å². The standard InChI is InChI=1S/C14H20N2O/c1-10(2)9-16-7-3-4-11-5-6-12(14(15)17)8-13(11)16/h5-6,8,10H,3-4,7,9H2,1-2H3,(H2,15,17). The second-order valence-corrected chi connectivity index (χ2v) is 5.15. The van der Waals surface area contributed by atoms with E-state index >= 15 is 0 Å². The van der Waals surface area contributed by atoms with Gasteiger partial charge in [-0.15, -0.1) is 0 Å². The van der Waals surface area contributed by atoms with Crippen molar-refractivity contribution in [2.24, 2.45) is 11.7 Å². The molecule has 0 bridgehead atoms. The number of rotatable bonds is 3. The van der Waals surface area contributed by atoms with Crippen LogP contribution in [0.5, 0.6) is 0 Å². The van der Waals surface area contributed by atoms with E-state index in [0.29, 0.717) is 11.5 Å². The average Bonchev–Trinajstić information content (AvgIpc) is 2.28. The highest BCUT2D eigenvalue weighted by Crippen LogP contribution is 2.28. The maximum Gasteiger partial charge on any atom is 0.248 e. The molecular weight excluding hydrogens is 212 g/mol. The molecule has 0 spiro atoms. The van der Waals surface area contributed by atoms with Gasteiger partial charge >= 0.3 is 0 Å². The summed E-state index contributed by atoms with van der Waals surface area (Å²) in [6.45, 7) is 6.54. The summed E-state index contributed by atoms with van der Waals surface area (Å²) in [6.07, 6.45) is 2.29.